The predicted octanol–water partition coefficient (Wildman–Crippen LogP) is 2.37. The summed E-state index contributed by atoms with van der Waals surface area (Å²) in [6, 6.07) is 3.92. The van der Waals surface area contributed by atoms with Crippen molar-refractivity contribution in [3.8, 4) is 0 Å². The van der Waals surface area contributed by atoms with Crippen molar-refractivity contribution in [3.63, 3.8) is 0 Å². The summed E-state index contributed by atoms with van der Waals surface area (Å²) in [5, 5.41) is 11.9. The maximum Gasteiger partial charge on any atom is 0.0721 e. The van der Waals surface area contributed by atoms with Crippen molar-refractivity contribution >= 4 is 5.71 Å². The summed E-state index contributed by atoms with van der Waals surface area (Å²) in [7, 11) is 0. The van der Waals surface area contributed by atoms with Gasteiger partial charge in [0, 0.05) is 12.4 Å². The number of pyridine rings is 1. The lowest BCUT2D eigenvalue weighted by atomic mass is 9.96. The van der Waals surface area contributed by atoms with E-state index in [2.05, 4.69) is 10.1 Å². The second-order valence-electron chi connectivity index (χ2n) is 4.03. The Morgan fingerprint density at radius 3 is 2.62 bits per heavy atom. The maximum absolute atomic E-state index is 8.63. The van der Waals surface area contributed by atoms with E-state index < -0.39 is 0 Å². The van der Waals surface area contributed by atoms with E-state index in [-0.39, 0.29) is 0 Å². The molecule has 0 aromatic carbocycles. The van der Waals surface area contributed by atoms with Crippen LogP contribution in [0.5, 0.6) is 0 Å². The summed E-state index contributed by atoms with van der Waals surface area (Å²) in [4.78, 5) is 3.96. The first-order valence-electron chi connectivity index (χ1n) is 5.59. The highest BCUT2D eigenvalue weighted by molar-refractivity contribution is 5.84. The van der Waals surface area contributed by atoms with Gasteiger partial charge in [0.15, 0.2) is 0 Å². The number of rotatable bonds is 3. The van der Waals surface area contributed by atoms with Gasteiger partial charge in [-0.15, -0.1) is 0 Å². The zero-order valence-electron chi connectivity index (χ0n) is 9.17. The number of hydrogen-bond acceptors (Lipinski definition) is 4. The average molecular weight is 220 g/mol. The fourth-order valence-corrected chi connectivity index (χ4v) is 1.88. The van der Waals surface area contributed by atoms with E-state index in [1.807, 2.05) is 12.1 Å². The third-order valence-corrected chi connectivity index (χ3v) is 2.89. The topological polar surface area (TPSA) is 54.7 Å². The molecule has 16 heavy (non-hydrogen) atoms. The molecule has 0 radical (unpaired) electrons. The minimum Gasteiger partial charge on any atom is -0.411 e. The van der Waals surface area contributed by atoms with E-state index >= 15 is 0 Å². The highest BCUT2D eigenvalue weighted by Crippen LogP contribution is 2.20. The first-order valence-corrected chi connectivity index (χ1v) is 5.59. The normalized spacial score (nSPS) is 20.8. The van der Waals surface area contributed by atoms with Gasteiger partial charge in [-0.05, 0) is 43.4 Å². The van der Waals surface area contributed by atoms with E-state index in [1.54, 1.807) is 12.4 Å². The third kappa shape index (κ3) is 3.03. The monoisotopic (exact) mass is 220 g/mol. The Labute approximate surface area is 95.0 Å². The minimum absolute atomic E-state index is 0.290. The molecule has 1 aromatic rings. The van der Waals surface area contributed by atoms with E-state index in [9.17, 15) is 0 Å². The van der Waals surface area contributed by atoms with Crippen LogP contribution in [0.25, 0.3) is 0 Å². The molecule has 86 valence electrons. The molecule has 4 heteroatoms. The SMILES string of the molecule is ON=C1CCC(OCc2ccncc2)CC1. The van der Waals surface area contributed by atoms with Gasteiger partial charge in [0.25, 0.3) is 0 Å². The zero-order valence-corrected chi connectivity index (χ0v) is 9.17. The molecule has 0 aliphatic heterocycles. The van der Waals surface area contributed by atoms with E-state index in [4.69, 9.17) is 9.94 Å². The minimum atomic E-state index is 0.290. The second kappa shape index (κ2) is 5.61. The summed E-state index contributed by atoms with van der Waals surface area (Å²) in [6.45, 7) is 0.638. The van der Waals surface area contributed by atoms with Gasteiger partial charge in [0.2, 0.25) is 0 Å². The Bertz CT molecular complexity index is 341. The molecule has 0 spiro atoms. The molecule has 0 saturated heterocycles. The molecule has 0 unspecified atom stereocenters. The van der Waals surface area contributed by atoms with Gasteiger partial charge in [-0.25, -0.2) is 0 Å². The summed E-state index contributed by atoms with van der Waals surface area (Å²) >= 11 is 0. The largest absolute Gasteiger partial charge is 0.411 e. The van der Waals surface area contributed by atoms with Crippen LogP contribution in [0.1, 0.15) is 31.2 Å². The number of nitrogens with zero attached hydrogens (tertiary/aromatic N) is 2. The van der Waals surface area contributed by atoms with Gasteiger partial charge in [0.05, 0.1) is 18.4 Å². The number of hydrogen-bond donors (Lipinski definition) is 1. The molecule has 1 aromatic heterocycles. The molecule has 1 heterocycles. The molecule has 0 bridgehead atoms. The maximum atomic E-state index is 8.63. The lowest BCUT2D eigenvalue weighted by Gasteiger charge is -2.22. The van der Waals surface area contributed by atoms with Gasteiger partial charge in [-0.1, -0.05) is 5.16 Å². The third-order valence-electron chi connectivity index (χ3n) is 2.89. The number of ether oxygens (including phenoxy) is 1. The number of oxime groups is 1. The summed E-state index contributed by atoms with van der Waals surface area (Å²) < 4.78 is 5.80. The van der Waals surface area contributed by atoms with Gasteiger partial charge >= 0.3 is 0 Å². The Kier molecular flexibility index (Phi) is 3.88. The Hall–Kier alpha value is -1.42. The van der Waals surface area contributed by atoms with Crippen LogP contribution >= 0.6 is 0 Å². The Balaban J connectivity index is 1.76. The lowest BCUT2D eigenvalue weighted by Crippen LogP contribution is -2.21. The van der Waals surface area contributed by atoms with Crippen LogP contribution in [0.4, 0.5) is 0 Å². The molecule has 4 nitrogen and oxygen atoms in total. The molecule has 1 aliphatic carbocycles. The fourth-order valence-electron chi connectivity index (χ4n) is 1.88. The van der Waals surface area contributed by atoms with Gasteiger partial charge in [0.1, 0.15) is 0 Å². The van der Waals surface area contributed by atoms with Gasteiger partial charge in [-0.3, -0.25) is 4.98 Å². The van der Waals surface area contributed by atoms with Crippen LogP contribution in [-0.2, 0) is 11.3 Å². The van der Waals surface area contributed by atoms with E-state index in [1.165, 1.54) is 0 Å². The molecular formula is C12H16N2O2. The predicted molar refractivity (Wildman–Crippen MR) is 60.5 cm³/mol. The van der Waals surface area contributed by atoms with Crippen molar-refractivity contribution in [2.75, 3.05) is 0 Å². The highest BCUT2D eigenvalue weighted by Gasteiger charge is 2.18. The number of aromatic nitrogens is 1. The fraction of sp³-hybridized carbons (Fsp3) is 0.500. The molecule has 1 N–H and O–H groups in total. The van der Waals surface area contributed by atoms with Crippen molar-refractivity contribution in [1.29, 1.82) is 0 Å². The smallest absolute Gasteiger partial charge is 0.0721 e. The van der Waals surface area contributed by atoms with Crippen LogP contribution in [-0.4, -0.2) is 22.0 Å². The quantitative estimate of drug-likeness (QED) is 0.628. The van der Waals surface area contributed by atoms with Gasteiger partial charge in [-0.2, -0.15) is 0 Å². The highest BCUT2D eigenvalue weighted by atomic mass is 16.5. The van der Waals surface area contributed by atoms with Crippen molar-refractivity contribution < 1.29 is 9.94 Å². The van der Waals surface area contributed by atoms with Crippen LogP contribution in [0.3, 0.4) is 0 Å². The van der Waals surface area contributed by atoms with E-state index in [0.29, 0.717) is 12.7 Å². The first-order chi connectivity index (χ1) is 7.88. The molecular weight excluding hydrogens is 204 g/mol. The van der Waals surface area contributed by atoms with Crippen molar-refractivity contribution in [3.05, 3.63) is 30.1 Å². The van der Waals surface area contributed by atoms with Crippen LogP contribution in [0.2, 0.25) is 0 Å². The molecule has 0 amide bonds. The van der Waals surface area contributed by atoms with Crippen LogP contribution in [0, 0.1) is 0 Å². The Morgan fingerprint density at radius 2 is 2.00 bits per heavy atom. The second-order valence-corrected chi connectivity index (χ2v) is 4.03. The lowest BCUT2D eigenvalue weighted by molar-refractivity contribution is 0.0277. The summed E-state index contributed by atoms with van der Waals surface area (Å²) in [5.74, 6) is 0. The standard InChI is InChI=1S/C12H16N2O2/c15-14-11-1-3-12(4-2-11)16-9-10-5-7-13-8-6-10/h5-8,12,15H,1-4,9H2. The van der Waals surface area contributed by atoms with Crippen LogP contribution < -0.4 is 0 Å². The summed E-state index contributed by atoms with van der Waals surface area (Å²) in [5.41, 5.74) is 2.04. The van der Waals surface area contributed by atoms with E-state index in [0.717, 1.165) is 37.0 Å². The molecule has 1 aliphatic rings. The summed E-state index contributed by atoms with van der Waals surface area (Å²) in [6.07, 6.45) is 7.43. The molecule has 0 atom stereocenters. The molecule has 2 rings (SSSR count). The first kappa shape index (κ1) is 11.1. The average Bonchev–Trinajstić information content (AvgIpc) is 2.38. The molecule has 1 fully saturated rings. The van der Waals surface area contributed by atoms with Crippen molar-refractivity contribution in [1.82, 2.24) is 4.98 Å². The molecule has 1 saturated carbocycles. The Morgan fingerprint density at radius 1 is 1.31 bits per heavy atom. The van der Waals surface area contributed by atoms with Gasteiger partial charge < -0.3 is 9.94 Å². The zero-order chi connectivity index (χ0) is 11.2. The van der Waals surface area contributed by atoms with Crippen molar-refractivity contribution in [2.24, 2.45) is 5.16 Å². The van der Waals surface area contributed by atoms with Crippen molar-refractivity contribution in [2.45, 2.75) is 38.4 Å². The van der Waals surface area contributed by atoms with Crippen LogP contribution in [0.15, 0.2) is 29.7 Å².